The largest absolute Gasteiger partial charge is 0.601 e. The van der Waals surface area contributed by atoms with Crippen LogP contribution in [0.4, 0.5) is 4.79 Å². The molecule has 1 unspecified atom stereocenters. The SMILES string of the molecule is CCOC(=O)n1c(=[P+]([O-])OCC)ccc2ccccc21. The number of pyridine rings is 1. The van der Waals surface area contributed by atoms with Gasteiger partial charge < -0.3 is 9.63 Å². The van der Waals surface area contributed by atoms with Gasteiger partial charge in [0.2, 0.25) is 8.00 Å². The fraction of sp³-hybridized carbons (Fsp3) is 0.286. The van der Waals surface area contributed by atoms with Crippen LogP contribution in [0.25, 0.3) is 10.9 Å². The Hall–Kier alpha value is -1.68. The van der Waals surface area contributed by atoms with Crippen LogP contribution in [0.2, 0.25) is 0 Å². The molecule has 2 rings (SSSR count). The van der Waals surface area contributed by atoms with Crippen molar-refractivity contribution in [3.05, 3.63) is 41.5 Å². The number of ether oxygens (including phenoxy) is 1. The monoisotopic (exact) mass is 293 g/mol. The number of benzene rings is 1. The van der Waals surface area contributed by atoms with E-state index in [1.807, 2.05) is 24.3 Å². The lowest BCUT2D eigenvalue weighted by Crippen LogP contribution is -2.16. The summed E-state index contributed by atoms with van der Waals surface area (Å²) < 4.78 is 11.5. The van der Waals surface area contributed by atoms with Gasteiger partial charge in [0.25, 0.3) is 5.07 Å². The minimum atomic E-state index is -2.10. The minimum absolute atomic E-state index is 0.250. The van der Waals surface area contributed by atoms with Crippen LogP contribution in [0, 0.1) is 5.07 Å². The molecule has 106 valence electrons. The van der Waals surface area contributed by atoms with Crippen molar-refractivity contribution in [3.63, 3.8) is 0 Å². The first-order valence-electron chi connectivity index (χ1n) is 6.40. The maximum atomic E-state index is 12.1. The summed E-state index contributed by atoms with van der Waals surface area (Å²) in [4.78, 5) is 24.3. The van der Waals surface area contributed by atoms with Crippen molar-refractivity contribution in [3.8, 4) is 0 Å². The van der Waals surface area contributed by atoms with E-state index in [-0.39, 0.29) is 6.61 Å². The molecule has 0 spiro atoms. The summed E-state index contributed by atoms with van der Waals surface area (Å²) in [6, 6.07) is 10.8. The van der Waals surface area contributed by atoms with Crippen LogP contribution in [0.3, 0.4) is 0 Å². The number of fused-ring (bicyclic) bond motifs is 1. The average Bonchev–Trinajstić information content (AvgIpc) is 2.46. The molecule has 2 aromatic rings. The number of para-hydroxylation sites is 1. The highest BCUT2D eigenvalue weighted by atomic mass is 31.1. The lowest BCUT2D eigenvalue weighted by Gasteiger charge is -2.09. The number of hydrogen-bond donors (Lipinski definition) is 0. The van der Waals surface area contributed by atoms with Crippen LogP contribution >= 0.6 is 8.00 Å². The topological polar surface area (TPSA) is 63.5 Å². The third-order valence-electron chi connectivity index (χ3n) is 2.70. The van der Waals surface area contributed by atoms with Gasteiger partial charge in [-0.2, -0.15) is 4.52 Å². The Morgan fingerprint density at radius 2 is 1.95 bits per heavy atom. The van der Waals surface area contributed by atoms with Crippen molar-refractivity contribution >= 4 is 25.0 Å². The highest BCUT2D eigenvalue weighted by Crippen LogP contribution is 2.23. The second kappa shape index (κ2) is 6.66. The second-order valence-corrected chi connectivity index (χ2v) is 5.19. The molecule has 6 heteroatoms. The zero-order valence-corrected chi connectivity index (χ0v) is 12.3. The fourth-order valence-electron chi connectivity index (χ4n) is 1.90. The lowest BCUT2D eigenvalue weighted by molar-refractivity contribution is -0.173. The Labute approximate surface area is 117 Å². The summed E-state index contributed by atoms with van der Waals surface area (Å²) in [7, 11) is -2.10. The van der Waals surface area contributed by atoms with Gasteiger partial charge in [-0.25, -0.2) is 9.36 Å². The molecule has 5 nitrogen and oxygen atoms in total. The number of carbonyl (C=O) groups excluding carboxylic acids is 1. The molecular weight excluding hydrogens is 277 g/mol. The average molecular weight is 293 g/mol. The van der Waals surface area contributed by atoms with E-state index in [0.717, 1.165) is 5.39 Å². The van der Waals surface area contributed by atoms with Crippen molar-refractivity contribution in [1.29, 1.82) is 0 Å². The quantitative estimate of drug-likeness (QED) is 0.816. The number of aromatic nitrogens is 1. The molecule has 1 heterocycles. The maximum Gasteiger partial charge on any atom is 0.421 e. The molecule has 0 saturated heterocycles. The van der Waals surface area contributed by atoms with E-state index in [2.05, 4.69) is 0 Å². The van der Waals surface area contributed by atoms with Gasteiger partial charge in [0.1, 0.15) is 0 Å². The first kappa shape index (κ1) is 14.7. The first-order valence-corrected chi connectivity index (χ1v) is 7.57. The lowest BCUT2D eigenvalue weighted by atomic mass is 10.2. The Kier molecular flexibility index (Phi) is 4.90. The van der Waals surface area contributed by atoms with Crippen LogP contribution < -0.4 is 4.89 Å². The summed E-state index contributed by atoms with van der Waals surface area (Å²) >= 11 is 0. The Bertz CT molecular complexity index is 693. The van der Waals surface area contributed by atoms with Gasteiger partial charge in [0, 0.05) is 6.07 Å². The molecule has 20 heavy (non-hydrogen) atoms. The highest BCUT2D eigenvalue weighted by Gasteiger charge is 2.15. The standard InChI is InChI=1S/C14H16NO4P/c1-3-18-14(16)15-12-8-6-5-7-11(12)9-10-13(15)20(17)19-4-2/h5-10H,3-4H2,1-2H3. The van der Waals surface area contributed by atoms with Crippen molar-refractivity contribution in [2.24, 2.45) is 0 Å². The highest BCUT2D eigenvalue weighted by molar-refractivity contribution is 7.35. The van der Waals surface area contributed by atoms with E-state index in [9.17, 15) is 9.69 Å². The molecule has 0 radical (unpaired) electrons. The smallest absolute Gasteiger partial charge is 0.421 e. The van der Waals surface area contributed by atoms with Gasteiger partial charge in [-0.05, 0) is 31.4 Å². The second-order valence-electron chi connectivity index (χ2n) is 3.96. The molecule has 0 amide bonds. The number of carbonyl (C=O) groups is 1. The van der Waals surface area contributed by atoms with Crippen molar-refractivity contribution in [2.45, 2.75) is 13.8 Å². The van der Waals surface area contributed by atoms with Crippen LogP contribution in [0.5, 0.6) is 0 Å². The molecule has 1 atom stereocenters. The van der Waals surface area contributed by atoms with Gasteiger partial charge in [0.05, 0.1) is 18.7 Å². The van der Waals surface area contributed by atoms with Gasteiger partial charge >= 0.3 is 6.09 Å². The summed E-state index contributed by atoms with van der Waals surface area (Å²) in [6.07, 6.45) is -0.553. The van der Waals surface area contributed by atoms with Crippen LogP contribution in [-0.4, -0.2) is 23.9 Å². The predicted octanol–water partition coefficient (Wildman–Crippen LogP) is 2.89. The molecular formula is C14H16NO4P. The van der Waals surface area contributed by atoms with E-state index < -0.39 is 14.1 Å². The zero-order valence-electron chi connectivity index (χ0n) is 11.4. The van der Waals surface area contributed by atoms with E-state index in [1.54, 1.807) is 26.0 Å². The number of nitrogens with zero attached hydrogens (tertiary/aromatic N) is 1. The van der Waals surface area contributed by atoms with E-state index >= 15 is 0 Å². The molecule has 0 saturated carbocycles. The van der Waals surface area contributed by atoms with Gasteiger partial charge in [-0.3, -0.25) is 0 Å². The first-order chi connectivity index (χ1) is 9.69. The summed E-state index contributed by atoms with van der Waals surface area (Å²) in [5.74, 6) is 0. The summed E-state index contributed by atoms with van der Waals surface area (Å²) in [6.45, 7) is 4.04. The van der Waals surface area contributed by atoms with Crippen molar-refractivity contribution in [1.82, 2.24) is 4.57 Å². The molecule has 0 fully saturated rings. The molecule has 0 aliphatic heterocycles. The zero-order chi connectivity index (χ0) is 14.5. The Balaban J connectivity index is 2.78. The maximum absolute atomic E-state index is 12.1. The molecule has 0 aliphatic rings. The van der Waals surface area contributed by atoms with E-state index in [1.165, 1.54) is 4.57 Å². The van der Waals surface area contributed by atoms with Gasteiger partial charge in [-0.15, -0.1) is 0 Å². The molecule has 1 aromatic carbocycles. The van der Waals surface area contributed by atoms with Crippen LogP contribution in [-0.2, 0) is 9.26 Å². The minimum Gasteiger partial charge on any atom is -0.601 e. The third kappa shape index (κ3) is 2.90. The number of rotatable bonds is 3. The summed E-state index contributed by atoms with van der Waals surface area (Å²) in [5.41, 5.74) is 0.645. The third-order valence-corrected chi connectivity index (χ3v) is 3.92. The van der Waals surface area contributed by atoms with Gasteiger partial charge in [-0.1, -0.05) is 18.2 Å². The van der Waals surface area contributed by atoms with Gasteiger partial charge in [0.15, 0.2) is 0 Å². The van der Waals surface area contributed by atoms with E-state index in [0.29, 0.717) is 17.2 Å². The molecule has 0 aliphatic carbocycles. The van der Waals surface area contributed by atoms with Crippen molar-refractivity contribution < 1.29 is 18.9 Å². The Morgan fingerprint density at radius 3 is 2.65 bits per heavy atom. The fourth-order valence-corrected chi connectivity index (χ4v) is 2.82. The van der Waals surface area contributed by atoms with Crippen LogP contribution in [0.1, 0.15) is 13.8 Å². The Morgan fingerprint density at radius 1 is 1.20 bits per heavy atom. The number of hydrogen-bond acceptors (Lipinski definition) is 4. The van der Waals surface area contributed by atoms with Crippen molar-refractivity contribution in [2.75, 3.05) is 13.2 Å². The normalized spacial score (nSPS) is 12.3. The molecule has 0 N–H and O–H groups in total. The molecule has 0 bridgehead atoms. The van der Waals surface area contributed by atoms with E-state index in [4.69, 9.17) is 9.26 Å². The predicted molar refractivity (Wildman–Crippen MR) is 76.1 cm³/mol. The summed E-state index contributed by atoms with van der Waals surface area (Å²) in [5, 5.41) is 1.17. The molecule has 1 aromatic heterocycles. The van der Waals surface area contributed by atoms with Crippen LogP contribution in [0.15, 0.2) is 36.4 Å².